The van der Waals surface area contributed by atoms with E-state index in [0.717, 1.165) is 25.9 Å². The molecule has 30 heavy (non-hydrogen) atoms. The summed E-state index contributed by atoms with van der Waals surface area (Å²) in [6.07, 6.45) is 1.78. The summed E-state index contributed by atoms with van der Waals surface area (Å²) in [6.45, 7) is 5.81. The minimum Gasteiger partial charge on any atom is -0.493 e. The summed E-state index contributed by atoms with van der Waals surface area (Å²) in [6, 6.07) is 10.9. The average molecular weight is 411 g/mol. The van der Waals surface area contributed by atoms with Crippen LogP contribution in [0.25, 0.3) is 0 Å². The Labute approximate surface area is 177 Å². The number of hydrogen-bond acceptors (Lipinski definition) is 5. The summed E-state index contributed by atoms with van der Waals surface area (Å²) in [7, 11) is 1.58. The monoisotopic (exact) mass is 410 g/mol. The van der Waals surface area contributed by atoms with Crippen LogP contribution >= 0.6 is 0 Å². The van der Waals surface area contributed by atoms with Crippen LogP contribution in [0.4, 0.5) is 0 Å². The zero-order chi connectivity index (χ0) is 21.4. The van der Waals surface area contributed by atoms with Crippen molar-refractivity contribution in [3.05, 3.63) is 58.1 Å². The fourth-order valence-electron chi connectivity index (χ4n) is 4.97. The molecule has 0 radical (unpaired) electrons. The Morgan fingerprint density at radius 2 is 2.00 bits per heavy atom. The number of hydrogen-bond donors (Lipinski definition) is 2. The number of ether oxygens (including phenoxy) is 2. The van der Waals surface area contributed by atoms with Crippen molar-refractivity contribution in [1.29, 1.82) is 0 Å². The van der Waals surface area contributed by atoms with E-state index in [9.17, 15) is 4.79 Å². The molecule has 1 fully saturated rings. The van der Waals surface area contributed by atoms with Crippen molar-refractivity contribution in [3.8, 4) is 11.5 Å². The highest BCUT2D eigenvalue weighted by molar-refractivity contribution is 5.68. The molecule has 0 aromatic heterocycles. The first-order valence-electron chi connectivity index (χ1n) is 10.5. The first kappa shape index (κ1) is 20.7. The summed E-state index contributed by atoms with van der Waals surface area (Å²) < 4.78 is 11.0. The molecule has 3 N–H and O–H groups in total. The maximum absolute atomic E-state index is 10.9. The zero-order valence-electron chi connectivity index (χ0n) is 17.9. The van der Waals surface area contributed by atoms with Crippen LogP contribution < -0.4 is 15.2 Å². The molecule has 0 amide bonds. The summed E-state index contributed by atoms with van der Waals surface area (Å²) in [5.41, 5.74) is 13.1. The van der Waals surface area contributed by atoms with Crippen LogP contribution in [0.2, 0.25) is 0 Å². The van der Waals surface area contributed by atoms with E-state index in [2.05, 4.69) is 36.9 Å². The predicted octanol–water partition coefficient (Wildman–Crippen LogP) is 3.19. The van der Waals surface area contributed by atoms with E-state index in [0.29, 0.717) is 17.4 Å². The van der Waals surface area contributed by atoms with Gasteiger partial charge in [0.25, 0.3) is 0 Å². The van der Waals surface area contributed by atoms with Gasteiger partial charge in [-0.3, -0.25) is 4.90 Å². The molecular weight excluding hydrogens is 380 g/mol. The van der Waals surface area contributed by atoms with Gasteiger partial charge in [-0.1, -0.05) is 23.8 Å². The van der Waals surface area contributed by atoms with Crippen molar-refractivity contribution in [1.82, 2.24) is 4.90 Å². The molecule has 0 aliphatic carbocycles. The van der Waals surface area contributed by atoms with Crippen molar-refractivity contribution in [2.24, 2.45) is 5.73 Å². The van der Waals surface area contributed by atoms with Crippen molar-refractivity contribution in [2.75, 3.05) is 26.8 Å². The lowest BCUT2D eigenvalue weighted by Gasteiger charge is -2.46. The highest BCUT2D eigenvalue weighted by atomic mass is 16.5. The van der Waals surface area contributed by atoms with Gasteiger partial charge in [0, 0.05) is 31.1 Å². The molecule has 6 heteroatoms. The summed E-state index contributed by atoms with van der Waals surface area (Å²) in [5, 5.41) is 8.93. The van der Waals surface area contributed by atoms with Crippen LogP contribution in [-0.4, -0.2) is 48.8 Å². The molecule has 2 aliphatic rings. The van der Waals surface area contributed by atoms with Crippen molar-refractivity contribution in [3.63, 3.8) is 0 Å². The van der Waals surface area contributed by atoms with Crippen LogP contribution in [0, 0.1) is 13.8 Å². The summed E-state index contributed by atoms with van der Waals surface area (Å²) in [5.74, 6) is 0.377. The smallest absolute Gasteiger partial charge is 0.341 e. The van der Waals surface area contributed by atoms with E-state index >= 15 is 0 Å². The molecule has 2 aliphatic heterocycles. The van der Waals surface area contributed by atoms with Crippen LogP contribution in [-0.2, 0) is 11.2 Å². The lowest BCUT2D eigenvalue weighted by atomic mass is 9.77. The number of methoxy groups -OCH3 is 1. The Morgan fingerprint density at radius 3 is 2.73 bits per heavy atom. The van der Waals surface area contributed by atoms with Gasteiger partial charge < -0.3 is 20.3 Å². The second-order valence-electron chi connectivity index (χ2n) is 8.51. The Morgan fingerprint density at radius 1 is 1.20 bits per heavy atom. The van der Waals surface area contributed by atoms with E-state index in [-0.39, 0.29) is 18.7 Å². The lowest BCUT2D eigenvalue weighted by molar-refractivity contribution is -0.139. The first-order valence-corrected chi connectivity index (χ1v) is 10.5. The third kappa shape index (κ3) is 3.89. The van der Waals surface area contributed by atoms with Crippen molar-refractivity contribution < 1.29 is 19.4 Å². The molecule has 1 saturated heterocycles. The van der Waals surface area contributed by atoms with Crippen molar-refractivity contribution in [2.45, 2.75) is 44.7 Å². The van der Waals surface area contributed by atoms with E-state index in [4.69, 9.17) is 20.3 Å². The predicted molar refractivity (Wildman–Crippen MR) is 115 cm³/mol. The quantitative estimate of drug-likeness (QED) is 0.788. The number of benzene rings is 2. The Hall–Kier alpha value is -2.57. The van der Waals surface area contributed by atoms with Gasteiger partial charge in [-0.2, -0.15) is 0 Å². The van der Waals surface area contributed by atoms with Gasteiger partial charge in [0.1, 0.15) is 0 Å². The lowest BCUT2D eigenvalue weighted by Crippen LogP contribution is -2.49. The third-order valence-electron chi connectivity index (χ3n) is 6.52. The minimum atomic E-state index is -1.00. The fourth-order valence-corrected chi connectivity index (χ4v) is 4.97. The number of aliphatic carboxylic acids is 1. The second kappa shape index (κ2) is 8.28. The molecule has 2 aromatic rings. The molecule has 0 unspecified atom stereocenters. The largest absolute Gasteiger partial charge is 0.493 e. The van der Waals surface area contributed by atoms with Gasteiger partial charge in [-0.25, -0.2) is 4.79 Å². The maximum Gasteiger partial charge on any atom is 0.341 e. The highest BCUT2D eigenvalue weighted by Crippen LogP contribution is 2.44. The molecule has 0 saturated carbocycles. The molecule has 2 aromatic carbocycles. The SMILES string of the molecule is COc1cc2c(cc1OCC(=O)O)CCN1C[C@H](c3cc(C)ccc3C)[C@@H](N)C[C@@H]21. The fraction of sp³-hybridized carbons (Fsp3) is 0.458. The second-order valence-corrected chi connectivity index (χ2v) is 8.51. The number of carbonyl (C=O) groups is 1. The van der Waals surface area contributed by atoms with E-state index < -0.39 is 5.97 Å². The van der Waals surface area contributed by atoms with Crippen molar-refractivity contribution >= 4 is 5.97 Å². The molecule has 2 heterocycles. The highest BCUT2D eigenvalue weighted by Gasteiger charge is 2.39. The van der Waals surface area contributed by atoms with E-state index in [1.807, 2.05) is 12.1 Å². The average Bonchev–Trinajstić information content (AvgIpc) is 2.72. The number of aryl methyl sites for hydroxylation is 2. The number of carboxylic acids is 1. The molecule has 0 spiro atoms. The standard InChI is InChI=1S/C24H30N2O4/c1-14-4-5-15(2)17(8-14)19-12-26-7-6-16-9-23(30-13-24(27)28)22(29-3)10-18(16)21(26)11-20(19)25/h4-5,8-10,19-21H,6-7,11-13,25H2,1-3H3,(H,27,28)/t19-,20+,21+/m1/s1. The minimum absolute atomic E-state index is 0.0756. The molecular formula is C24H30N2O4. The molecule has 4 rings (SSSR count). The van der Waals surface area contributed by atoms with Gasteiger partial charge in [0.15, 0.2) is 18.1 Å². The van der Waals surface area contributed by atoms with Gasteiger partial charge in [-0.05, 0) is 61.1 Å². The number of nitrogens with two attached hydrogens (primary N) is 1. The normalized spacial score (nSPS) is 23.4. The number of rotatable bonds is 5. The van der Waals surface area contributed by atoms with E-state index in [1.54, 1.807) is 7.11 Å². The number of fused-ring (bicyclic) bond motifs is 3. The van der Waals surface area contributed by atoms with Crippen LogP contribution in [0.5, 0.6) is 11.5 Å². The van der Waals surface area contributed by atoms with Crippen LogP contribution in [0.15, 0.2) is 30.3 Å². The summed E-state index contributed by atoms with van der Waals surface area (Å²) >= 11 is 0. The summed E-state index contributed by atoms with van der Waals surface area (Å²) in [4.78, 5) is 13.4. The maximum atomic E-state index is 10.9. The molecule has 3 atom stereocenters. The van der Waals surface area contributed by atoms with Crippen LogP contribution in [0.3, 0.4) is 0 Å². The molecule has 160 valence electrons. The third-order valence-corrected chi connectivity index (χ3v) is 6.52. The Balaban J connectivity index is 1.62. The Kier molecular flexibility index (Phi) is 5.71. The number of piperidine rings is 1. The molecule has 6 nitrogen and oxygen atoms in total. The van der Waals surface area contributed by atoms with Gasteiger partial charge >= 0.3 is 5.97 Å². The topological polar surface area (TPSA) is 85.0 Å². The first-order chi connectivity index (χ1) is 14.4. The number of carboxylic acid groups (broad SMARTS) is 1. The Bertz CT molecular complexity index is 958. The zero-order valence-corrected chi connectivity index (χ0v) is 17.9. The van der Waals surface area contributed by atoms with Gasteiger partial charge in [0.05, 0.1) is 7.11 Å². The number of nitrogens with zero attached hydrogens (tertiary/aromatic N) is 1. The van der Waals surface area contributed by atoms with Gasteiger partial charge in [-0.15, -0.1) is 0 Å². The van der Waals surface area contributed by atoms with Crippen LogP contribution in [0.1, 0.15) is 46.2 Å². The molecule has 0 bridgehead atoms. The van der Waals surface area contributed by atoms with Gasteiger partial charge in [0.2, 0.25) is 0 Å². The van der Waals surface area contributed by atoms with E-state index in [1.165, 1.54) is 27.8 Å².